The van der Waals surface area contributed by atoms with Crippen molar-refractivity contribution in [2.75, 3.05) is 11.9 Å². The number of sulfonamides is 1. The number of amides is 2. The number of nitrogens with one attached hydrogen (secondary N) is 1. The van der Waals surface area contributed by atoms with Gasteiger partial charge in [-0.05, 0) is 50.5 Å². The van der Waals surface area contributed by atoms with Gasteiger partial charge in [-0.15, -0.1) is 0 Å². The smallest absolute Gasteiger partial charge is 0.243 e. The molecule has 2 aliphatic rings. The van der Waals surface area contributed by atoms with E-state index in [2.05, 4.69) is 5.32 Å². The molecule has 0 aliphatic carbocycles. The van der Waals surface area contributed by atoms with Crippen LogP contribution in [-0.4, -0.2) is 37.1 Å². The Hall–Kier alpha value is -1.93. The summed E-state index contributed by atoms with van der Waals surface area (Å²) in [6.45, 7) is 3.77. The van der Waals surface area contributed by atoms with Crippen LogP contribution in [0.2, 0.25) is 0 Å². The highest BCUT2D eigenvalue weighted by molar-refractivity contribution is 7.89. The lowest BCUT2D eigenvalue weighted by molar-refractivity contribution is -0.122. The van der Waals surface area contributed by atoms with E-state index >= 15 is 0 Å². The number of carbonyl (C=O) groups is 2. The molecule has 1 fully saturated rings. The number of fused-ring (bicyclic) bond motifs is 1. The predicted octanol–water partition coefficient (Wildman–Crippen LogP) is 0.945. The Kier molecular flexibility index (Phi) is 3.92. The van der Waals surface area contributed by atoms with Crippen LogP contribution in [0.25, 0.3) is 0 Å². The summed E-state index contributed by atoms with van der Waals surface area (Å²) in [6.07, 6.45) is 1.90. The molecule has 0 aromatic heterocycles. The van der Waals surface area contributed by atoms with Crippen molar-refractivity contribution in [1.29, 1.82) is 0 Å². The van der Waals surface area contributed by atoms with Crippen LogP contribution in [0.3, 0.4) is 0 Å². The van der Waals surface area contributed by atoms with E-state index in [0.717, 1.165) is 6.42 Å². The minimum Gasteiger partial charge on any atom is -0.368 e. The number of nitrogens with zero attached hydrogens (tertiary/aromatic N) is 1. The van der Waals surface area contributed by atoms with E-state index in [1.54, 1.807) is 19.9 Å². The number of hydrogen-bond donors (Lipinski definition) is 2. The Morgan fingerprint density at radius 1 is 1.33 bits per heavy atom. The van der Waals surface area contributed by atoms with Crippen molar-refractivity contribution in [2.24, 2.45) is 5.73 Å². The minimum absolute atomic E-state index is 0.0824. The lowest BCUT2D eigenvalue weighted by atomic mass is 9.86. The zero-order valence-corrected chi connectivity index (χ0v) is 14.5. The molecule has 7 nitrogen and oxygen atoms in total. The normalized spacial score (nSPS) is 23.6. The van der Waals surface area contributed by atoms with E-state index in [1.807, 2.05) is 0 Å². The zero-order valence-electron chi connectivity index (χ0n) is 13.7. The van der Waals surface area contributed by atoms with Crippen molar-refractivity contribution < 1.29 is 18.0 Å². The largest absolute Gasteiger partial charge is 0.368 e. The second-order valence-electron chi connectivity index (χ2n) is 6.82. The van der Waals surface area contributed by atoms with Crippen molar-refractivity contribution in [3.8, 4) is 0 Å². The highest BCUT2D eigenvalue weighted by atomic mass is 32.2. The molecular formula is C16H21N3O4S. The number of rotatable bonds is 3. The third-order valence-corrected chi connectivity index (χ3v) is 6.77. The van der Waals surface area contributed by atoms with Crippen LogP contribution in [0.1, 0.15) is 38.7 Å². The fraction of sp³-hybridized carbons (Fsp3) is 0.500. The van der Waals surface area contributed by atoms with E-state index < -0.39 is 27.4 Å². The summed E-state index contributed by atoms with van der Waals surface area (Å²) in [6, 6.07) is 3.76. The summed E-state index contributed by atoms with van der Waals surface area (Å²) in [7, 11) is -3.85. The van der Waals surface area contributed by atoms with Gasteiger partial charge in [-0.1, -0.05) is 6.42 Å². The first-order chi connectivity index (χ1) is 11.2. The van der Waals surface area contributed by atoms with Gasteiger partial charge in [-0.3, -0.25) is 9.59 Å². The van der Waals surface area contributed by atoms with E-state index in [4.69, 9.17) is 5.73 Å². The number of nitrogens with two attached hydrogens (primary N) is 1. The molecule has 1 atom stereocenters. The SMILES string of the molecule is CC1(C)C(=O)Nc2ccc(S(=O)(=O)N3CCCC[C@H]3C(N)=O)cc21. The van der Waals surface area contributed by atoms with E-state index in [-0.39, 0.29) is 17.3 Å². The Labute approximate surface area is 141 Å². The third kappa shape index (κ3) is 2.50. The van der Waals surface area contributed by atoms with Crippen molar-refractivity contribution in [3.05, 3.63) is 23.8 Å². The first kappa shape index (κ1) is 16.9. The third-order valence-electron chi connectivity index (χ3n) is 4.87. The fourth-order valence-electron chi connectivity index (χ4n) is 3.32. The topological polar surface area (TPSA) is 110 Å². The van der Waals surface area contributed by atoms with Gasteiger partial charge in [0, 0.05) is 12.2 Å². The maximum absolute atomic E-state index is 13.0. The second-order valence-corrected chi connectivity index (χ2v) is 8.71. The van der Waals surface area contributed by atoms with E-state index in [0.29, 0.717) is 24.1 Å². The number of hydrogen-bond acceptors (Lipinski definition) is 4. The Morgan fingerprint density at radius 3 is 2.71 bits per heavy atom. The molecule has 0 unspecified atom stereocenters. The molecule has 3 rings (SSSR count). The standard InChI is InChI=1S/C16H21N3O4S/c1-16(2)11-9-10(6-7-12(11)18-15(16)21)24(22,23)19-8-4-3-5-13(19)14(17)20/h6-7,9,13H,3-5,8H2,1-2H3,(H2,17,20)(H,18,21)/t13-/m0/s1. The van der Waals surface area contributed by atoms with Gasteiger partial charge in [-0.2, -0.15) is 4.31 Å². The van der Waals surface area contributed by atoms with Gasteiger partial charge >= 0.3 is 0 Å². The van der Waals surface area contributed by atoms with Crippen LogP contribution in [0, 0.1) is 0 Å². The van der Waals surface area contributed by atoms with Crippen LogP contribution in [-0.2, 0) is 25.0 Å². The van der Waals surface area contributed by atoms with Gasteiger partial charge in [0.1, 0.15) is 6.04 Å². The maximum Gasteiger partial charge on any atom is 0.243 e. The Morgan fingerprint density at radius 2 is 2.04 bits per heavy atom. The number of benzene rings is 1. The molecule has 0 bridgehead atoms. The molecule has 24 heavy (non-hydrogen) atoms. The molecule has 0 saturated carbocycles. The first-order valence-corrected chi connectivity index (χ1v) is 9.37. The summed E-state index contributed by atoms with van der Waals surface area (Å²) in [5.41, 5.74) is 5.84. The molecule has 0 spiro atoms. The molecule has 1 saturated heterocycles. The summed E-state index contributed by atoms with van der Waals surface area (Å²) < 4.78 is 27.2. The van der Waals surface area contributed by atoms with E-state index in [9.17, 15) is 18.0 Å². The number of carbonyl (C=O) groups excluding carboxylic acids is 2. The molecule has 1 aromatic rings. The lowest BCUT2D eigenvalue weighted by Crippen LogP contribution is -2.50. The highest BCUT2D eigenvalue weighted by Crippen LogP contribution is 2.39. The molecule has 1 aromatic carbocycles. The molecule has 2 amide bonds. The molecule has 2 aliphatic heterocycles. The number of primary amides is 1. The second kappa shape index (κ2) is 5.56. The maximum atomic E-state index is 13.0. The average Bonchev–Trinajstić information content (AvgIpc) is 2.76. The first-order valence-electron chi connectivity index (χ1n) is 7.93. The van der Waals surface area contributed by atoms with Crippen LogP contribution >= 0.6 is 0 Å². The van der Waals surface area contributed by atoms with Crippen molar-refractivity contribution in [1.82, 2.24) is 4.31 Å². The van der Waals surface area contributed by atoms with Gasteiger partial charge in [0.2, 0.25) is 21.8 Å². The monoisotopic (exact) mass is 351 g/mol. The van der Waals surface area contributed by atoms with Gasteiger partial charge < -0.3 is 11.1 Å². The fourth-order valence-corrected chi connectivity index (χ4v) is 5.01. The van der Waals surface area contributed by atoms with Gasteiger partial charge in [0.05, 0.1) is 10.3 Å². The van der Waals surface area contributed by atoms with Gasteiger partial charge in [0.15, 0.2) is 0 Å². The zero-order chi connectivity index (χ0) is 17.7. The predicted molar refractivity (Wildman–Crippen MR) is 88.8 cm³/mol. The molecule has 130 valence electrons. The Bertz CT molecular complexity index is 817. The minimum atomic E-state index is -3.85. The van der Waals surface area contributed by atoms with Gasteiger partial charge in [-0.25, -0.2) is 8.42 Å². The highest BCUT2D eigenvalue weighted by Gasteiger charge is 2.41. The molecule has 8 heteroatoms. The van der Waals surface area contributed by atoms with Crippen LogP contribution < -0.4 is 11.1 Å². The van der Waals surface area contributed by atoms with Crippen LogP contribution in [0.5, 0.6) is 0 Å². The van der Waals surface area contributed by atoms with E-state index in [1.165, 1.54) is 16.4 Å². The summed E-state index contributed by atoms with van der Waals surface area (Å²) in [5.74, 6) is -0.795. The molecular weight excluding hydrogens is 330 g/mol. The van der Waals surface area contributed by atoms with Crippen molar-refractivity contribution in [2.45, 2.75) is 49.5 Å². The molecule has 3 N–H and O–H groups in total. The molecule has 2 heterocycles. The number of anilines is 1. The van der Waals surface area contributed by atoms with Crippen molar-refractivity contribution >= 4 is 27.5 Å². The van der Waals surface area contributed by atoms with Crippen LogP contribution in [0.4, 0.5) is 5.69 Å². The molecule has 0 radical (unpaired) electrons. The Balaban J connectivity index is 2.04. The number of piperidine rings is 1. The summed E-state index contributed by atoms with van der Waals surface area (Å²) in [4.78, 5) is 23.7. The van der Waals surface area contributed by atoms with Crippen LogP contribution in [0.15, 0.2) is 23.1 Å². The van der Waals surface area contributed by atoms with Crippen molar-refractivity contribution in [3.63, 3.8) is 0 Å². The average molecular weight is 351 g/mol. The summed E-state index contributed by atoms with van der Waals surface area (Å²) in [5, 5.41) is 2.75. The quantitative estimate of drug-likeness (QED) is 0.844. The summed E-state index contributed by atoms with van der Waals surface area (Å²) >= 11 is 0. The van der Waals surface area contributed by atoms with Gasteiger partial charge in [0.25, 0.3) is 0 Å². The lowest BCUT2D eigenvalue weighted by Gasteiger charge is -2.32.